The van der Waals surface area contributed by atoms with Gasteiger partial charge in [0.15, 0.2) is 0 Å². The van der Waals surface area contributed by atoms with Gasteiger partial charge < -0.3 is 15.3 Å². The highest BCUT2D eigenvalue weighted by Crippen LogP contribution is 2.26. The Morgan fingerprint density at radius 1 is 1.43 bits per heavy atom. The molecule has 0 spiro atoms. The fourth-order valence-electron chi connectivity index (χ4n) is 3.37. The van der Waals surface area contributed by atoms with E-state index in [4.69, 9.17) is 0 Å². The summed E-state index contributed by atoms with van der Waals surface area (Å²) in [5.41, 5.74) is 0.734. The molecule has 0 bridgehead atoms. The van der Waals surface area contributed by atoms with E-state index in [1.807, 2.05) is 19.2 Å². The van der Waals surface area contributed by atoms with Crippen LogP contribution in [0.3, 0.4) is 0 Å². The molecule has 1 saturated heterocycles. The van der Waals surface area contributed by atoms with Crippen LogP contribution in [0, 0.1) is 17.7 Å². The molecule has 4 unspecified atom stereocenters. The quantitative estimate of drug-likeness (QED) is 0.875. The van der Waals surface area contributed by atoms with Crippen molar-refractivity contribution in [1.82, 2.24) is 10.2 Å². The minimum atomic E-state index is -0.178. The van der Waals surface area contributed by atoms with Crippen molar-refractivity contribution in [2.45, 2.75) is 32.4 Å². The van der Waals surface area contributed by atoms with Crippen molar-refractivity contribution in [3.8, 4) is 0 Å². The number of aliphatic hydroxyl groups excluding tert-OH is 1. The molecule has 1 aliphatic heterocycles. The second kappa shape index (κ2) is 7.34. The standard InChI is InChI=1S/C17H27FN2O/c1-12-10-20(9-8-16(12)21)11-13(2)17(19-3)14-6-4-5-7-15(14)18/h4-7,12-13,16-17,19,21H,8-11H2,1-3H3. The van der Waals surface area contributed by atoms with Crippen LogP contribution in [0.25, 0.3) is 0 Å². The van der Waals surface area contributed by atoms with Crippen LogP contribution in [0.15, 0.2) is 24.3 Å². The van der Waals surface area contributed by atoms with Gasteiger partial charge in [0.1, 0.15) is 5.82 Å². The minimum absolute atomic E-state index is 0.00774. The lowest BCUT2D eigenvalue weighted by molar-refractivity contribution is 0.0278. The van der Waals surface area contributed by atoms with Crippen molar-refractivity contribution >= 4 is 0 Å². The van der Waals surface area contributed by atoms with E-state index in [0.29, 0.717) is 11.8 Å². The van der Waals surface area contributed by atoms with E-state index in [2.05, 4.69) is 24.1 Å². The maximum absolute atomic E-state index is 14.0. The molecule has 0 radical (unpaired) electrons. The number of halogens is 1. The van der Waals surface area contributed by atoms with Crippen LogP contribution in [-0.2, 0) is 0 Å². The van der Waals surface area contributed by atoms with Crippen LogP contribution in [0.5, 0.6) is 0 Å². The van der Waals surface area contributed by atoms with Crippen LogP contribution in [-0.4, -0.2) is 42.8 Å². The number of hydrogen-bond acceptors (Lipinski definition) is 3. The largest absolute Gasteiger partial charge is 0.393 e. The fraction of sp³-hybridized carbons (Fsp3) is 0.647. The van der Waals surface area contributed by atoms with Crippen molar-refractivity contribution in [3.05, 3.63) is 35.6 Å². The number of rotatable bonds is 5. The molecule has 1 aromatic carbocycles. The molecule has 1 fully saturated rings. The smallest absolute Gasteiger partial charge is 0.127 e. The van der Waals surface area contributed by atoms with Crippen molar-refractivity contribution in [2.75, 3.05) is 26.7 Å². The van der Waals surface area contributed by atoms with Gasteiger partial charge in [0.05, 0.1) is 6.10 Å². The Kier molecular flexibility index (Phi) is 5.73. The molecule has 2 rings (SSSR count). The molecule has 0 amide bonds. The lowest BCUT2D eigenvalue weighted by Crippen LogP contribution is -2.45. The molecule has 4 atom stereocenters. The van der Waals surface area contributed by atoms with Crippen LogP contribution >= 0.6 is 0 Å². The molecule has 0 aromatic heterocycles. The van der Waals surface area contributed by atoms with Gasteiger partial charge in [0.25, 0.3) is 0 Å². The average molecular weight is 294 g/mol. The predicted octanol–water partition coefficient (Wildman–Crippen LogP) is 2.43. The summed E-state index contributed by atoms with van der Waals surface area (Å²) >= 11 is 0. The van der Waals surface area contributed by atoms with Gasteiger partial charge in [-0.25, -0.2) is 4.39 Å². The molecule has 0 saturated carbocycles. The van der Waals surface area contributed by atoms with Crippen molar-refractivity contribution in [1.29, 1.82) is 0 Å². The third-order valence-electron chi connectivity index (χ3n) is 4.61. The maximum Gasteiger partial charge on any atom is 0.127 e. The van der Waals surface area contributed by atoms with Gasteiger partial charge in [0, 0.05) is 31.2 Å². The lowest BCUT2D eigenvalue weighted by atomic mass is 9.91. The summed E-state index contributed by atoms with van der Waals surface area (Å²) in [6.07, 6.45) is 0.654. The van der Waals surface area contributed by atoms with Crippen LogP contribution in [0.2, 0.25) is 0 Å². The second-order valence-corrected chi connectivity index (χ2v) is 6.36. The third-order valence-corrected chi connectivity index (χ3v) is 4.61. The third kappa shape index (κ3) is 4.02. The van der Waals surface area contributed by atoms with E-state index in [1.54, 1.807) is 6.07 Å². The summed E-state index contributed by atoms with van der Waals surface area (Å²) in [6.45, 7) is 7.00. The van der Waals surface area contributed by atoms with Crippen molar-refractivity contribution in [2.24, 2.45) is 11.8 Å². The Balaban J connectivity index is 2.01. The number of likely N-dealkylation sites (tertiary alicyclic amines) is 1. The Morgan fingerprint density at radius 2 is 2.14 bits per heavy atom. The summed E-state index contributed by atoms with van der Waals surface area (Å²) in [6, 6.07) is 6.99. The highest BCUT2D eigenvalue weighted by molar-refractivity contribution is 5.21. The van der Waals surface area contributed by atoms with Crippen molar-refractivity contribution < 1.29 is 9.50 Å². The van der Waals surface area contributed by atoms with E-state index >= 15 is 0 Å². The summed E-state index contributed by atoms with van der Waals surface area (Å²) < 4.78 is 14.0. The average Bonchev–Trinajstić information content (AvgIpc) is 2.46. The number of piperidine rings is 1. The van der Waals surface area contributed by atoms with E-state index in [9.17, 15) is 9.50 Å². The topological polar surface area (TPSA) is 35.5 Å². The predicted molar refractivity (Wildman–Crippen MR) is 83.6 cm³/mol. The molecular formula is C17H27FN2O. The van der Waals surface area contributed by atoms with Crippen molar-refractivity contribution in [3.63, 3.8) is 0 Å². The number of hydrogen-bond donors (Lipinski definition) is 2. The normalized spacial score (nSPS) is 26.5. The van der Waals surface area contributed by atoms with E-state index in [0.717, 1.165) is 31.6 Å². The van der Waals surface area contributed by atoms with Crippen LogP contribution in [0.1, 0.15) is 31.9 Å². The first-order chi connectivity index (χ1) is 10.0. The lowest BCUT2D eigenvalue weighted by Gasteiger charge is -2.37. The number of nitrogens with one attached hydrogen (secondary N) is 1. The monoisotopic (exact) mass is 294 g/mol. The number of benzene rings is 1. The summed E-state index contributed by atoms with van der Waals surface area (Å²) in [5, 5.41) is 13.1. The molecule has 4 heteroatoms. The highest BCUT2D eigenvalue weighted by atomic mass is 19.1. The van der Waals surface area contributed by atoms with Gasteiger partial charge in [-0.15, -0.1) is 0 Å². The Bertz CT molecular complexity index is 454. The first-order valence-electron chi connectivity index (χ1n) is 7.85. The van der Waals surface area contributed by atoms with Gasteiger partial charge in [-0.3, -0.25) is 0 Å². The Morgan fingerprint density at radius 3 is 2.76 bits per heavy atom. The molecule has 1 aliphatic rings. The first-order valence-corrected chi connectivity index (χ1v) is 7.85. The molecule has 0 aliphatic carbocycles. The van der Waals surface area contributed by atoms with E-state index < -0.39 is 0 Å². The maximum atomic E-state index is 14.0. The zero-order valence-corrected chi connectivity index (χ0v) is 13.2. The Labute approximate surface area is 127 Å². The fourth-order valence-corrected chi connectivity index (χ4v) is 3.37. The molecular weight excluding hydrogens is 267 g/mol. The first kappa shape index (κ1) is 16.4. The van der Waals surface area contributed by atoms with Gasteiger partial charge in [-0.1, -0.05) is 32.0 Å². The van der Waals surface area contributed by atoms with Crippen LogP contribution < -0.4 is 5.32 Å². The number of aliphatic hydroxyl groups is 1. The number of nitrogens with zero attached hydrogens (tertiary/aromatic N) is 1. The van der Waals surface area contributed by atoms with Gasteiger partial charge in [-0.2, -0.15) is 0 Å². The van der Waals surface area contributed by atoms with Gasteiger partial charge in [-0.05, 0) is 31.4 Å². The van der Waals surface area contributed by atoms with Gasteiger partial charge >= 0.3 is 0 Å². The minimum Gasteiger partial charge on any atom is -0.393 e. The Hall–Kier alpha value is -0.970. The molecule has 3 nitrogen and oxygen atoms in total. The zero-order valence-electron chi connectivity index (χ0n) is 13.2. The second-order valence-electron chi connectivity index (χ2n) is 6.36. The highest BCUT2D eigenvalue weighted by Gasteiger charge is 2.27. The summed E-state index contributed by atoms with van der Waals surface area (Å²) in [7, 11) is 1.89. The van der Waals surface area contributed by atoms with Crippen LogP contribution in [0.4, 0.5) is 4.39 Å². The molecule has 2 N–H and O–H groups in total. The zero-order chi connectivity index (χ0) is 15.4. The summed E-state index contributed by atoms with van der Waals surface area (Å²) in [5.74, 6) is 0.466. The molecule has 1 aromatic rings. The summed E-state index contributed by atoms with van der Waals surface area (Å²) in [4.78, 5) is 2.38. The molecule has 21 heavy (non-hydrogen) atoms. The van der Waals surface area contributed by atoms with E-state index in [-0.39, 0.29) is 18.0 Å². The molecule has 1 heterocycles. The van der Waals surface area contributed by atoms with Gasteiger partial charge in [0.2, 0.25) is 0 Å². The van der Waals surface area contributed by atoms with E-state index in [1.165, 1.54) is 6.07 Å². The SMILES string of the molecule is CNC(c1ccccc1F)C(C)CN1CCC(O)C(C)C1. The molecule has 118 valence electrons.